The first-order valence-electron chi connectivity index (χ1n) is 10.2. The van der Waals surface area contributed by atoms with E-state index >= 15 is 0 Å². The molecule has 0 aliphatic carbocycles. The lowest BCUT2D eigenvalue weighted by atomic mass is 10.1. The Labute approximate surface area is 199 Å². The molecule has 7 heteroatoms. The molecule has 0 bridgehead atoms. The van der Waals surface area contributed by atoms with Crippen molar-refractivity contribution in [1.29, 1.82) is 0 Å². The minimum absolute atomic E-state index is 0.212. The number of nitrogens with one attached hydrogen (secondary N) is 2. The molecule has 2 N–H and O–H groups in total. The van der Waals surface area contributed by atoms with E-state index < -0.39 is 0 Å². The lowest BCUT2D eigenvalue weighted by molar-refractivity contribution is 0.284. The van der Waals surface area contributed by atoms with Crippen molar-refractivity contribution in [3.05, 3.63) is 92.8 Å². The summed E-state index contributed by atoms with van der Waals surface area (Å²) in [6.07, 6.45) is 3.00. The Kier molecular flexibility index (Phi) is 7.35. The molecular formula is C25H23BrClFN2O2. The summed E-state index contributed by atoms with van der Waals surface area (Å²) >= 11 is 9.72. The molecule has 3 aromatic carbocycles. The van der Waals surface area contributed by atoms with Crippen LogP contribution in [0.4, 0.5) is 4.39 Å². The molecule has 0 amide bonds. The van der Waals surface area contributed by atoms with E-state index in [9.17, 15) is 4.39 Å². The normalized spacial score (nSPS) is 11.1. The summed E-state index contributed by atoms with van der Waals surface area (Å²) in [4.78, 5) is 3.31. The number of hydrogen-bond acceptors (Lipinski definition) is 3. The Hall–Kier alpha value is -2.54. The highest BCUT2D eigenvalue weighted by molar-refractivity contribution is 9.10. The first kappa shape index (κ1) is 22.6. The van der Waals surface area contributed by atoms with Gasteiger partial charge in [0.2, 0.25) is 0 Å². The van der Waals surface area contributed by atoms with Crippen molar-refractivity contribution in [2.24, 2.45) is 0 Å². The van der Waals surface area contributed by atoms with Gasteiger partial charge in [0, 0.05) is 33.7 Å². The van der Waals surface area contributed by atoms with Crippen molar-refractivity contribution in [3.8, 4) is 11.5 Å². The van der Waals surface area contributed by atoms with E-state index in [4.69, 9.17) is 21.1 Å². The van der Waals surface area contributed by atoms with E-state index in [0.717, 1.165) is 28.5 Å². The number of aromatic amines is 1. The van der Waals surface area contributed by atoms with E-state index in [1.165, 1.54) is 23.1 Å². The number of hydrogen-bond donors (Lipinski definition) is 2. The molecule has 4 rings (SSSR count). The molecule has 1 aromatic heterocycles. The number of H-pyrrole nitrogens is 1. The maximum atomic E-state index is 13.2. The zero-order valence-electron chi connectivity index (χ0n) is 17.6. The Morgan fingerprint density at radius 1 is 1.03 bits per heavy atom. The highest BCUT2D eigenvalue weighted by atomic mass is 79.9. The number of rotatable bonds is 9. The van der Waals surface area contributed by atoms with Gasteiger partial charge in [0.1, 0.15) is 12.4 Å². The molecule has 4 nitrogen and oxygen atoms in total. The molecule has 4 aromatic rings. The van der Waals surface area contributed by atoms with Gasteiger partial charge in [-0.3, -0.25) is 0 Å². The van der Waals surface area contributed by atoms with Crippen molar-refractivity contribution in [2.75, 3.05) is 13.7 Å². The van der Waals surface area contributed by atoms with Gasteiger partial charge in [0.25, 0.3) is 0 Å². The average molecular weight is 518 g/mol. The van der Waals surface area contributed by atoms with E-state index in [-0.39, 0.29) is 12.4 Å². The van der Waals surface area contributed by atoms with Gasteiger partial charge in [0.15, 0.2) is 11.5 Å². The number of benzene rings is 3. The number of aromatic nitrogens is 1. The van der Waals surface area contributed by atoms with Crippen LogP contribution in [0.5, 0.6) is 11.5 Å². The zero-order valence-corrected chi connectivity index (χ0v) is 19.9. The number of para-hydroxylation sites is 1. The summed E-state index contributed by atoms with van der Waals surface area (Å²) in [6.45, 7) is 1.74. The largest absolute Gasteiger partial charge is 0.493 e. The van der Waals surface area contributed by atoms with Crippen LogP contribution in [-0.2, 0) is 19.6 Å². The quantitative estimate of drug-likeness (QED) is 0.245. The van der Waals surface area contributed by atoms with Crippen molar-refractivity contribution in [2.45, 2.75) is 19.6 Å². The van der Waals surface area contributed by atoms with Crippen molar-refractivity contribution < 1.29 is 13.9 Å². The molecular weight excluding hydrogens is 495 g/mol. The second-order valence-electron chi connectivity index (χ2n) is 7.41. The van der Waals surface area contributed by atoms with Crippen LogP contribution in [0.2, 0.25) is 5.02 Å². The standard InChI is InChI=1S/C25H23BrClFN2O2/c1-31-24-10-18(13-29-9-8-16-14-30-23-5-3-2-4-20(16)23)21(26)12-25(24)32-15-17-6-7-19(28)11-22(17)27/h2-7,10-12,14,29-30H,8-9,13,15H2,1H3. The van der Waals surface area contributed by atoms with Gasteiger partial charge in [-0.05, 0) is 54.4 Å². The number of fused-ring (bicyclic) bond motifs is 1. The third-order valence-corrected chi connectivity index (χ3v) is 6.38. The minimum Gasteiger partial charge on any atom is -0.493 e. The van der Waals surface area contributed by atoms with Gasteiger partial charge in [-0.25, -0.2) is 4.39 Å². The second kappa shape index (κ2) is 10.4. The first-order valence-corrected chi connectivity index (χ1v) is 11.4. The maximum absolute atomic E-state index is 13.2. The third-order valence-electron chi connectivity index (χ3n) is 5.29. The van der Waals surface area contributed by atoms with Crippen LogP contribution in [0.1, 0.15) is 16.7 Å². The van der Waals surface area contributed by atoms with Crippen LogP contribution in [0.25, 0.3) is 10.9 Å². The Morgan fingerprint density at radius 3 is 2.69 bits per heavy atom. The maximum Gasteiger partial charge on any atom is 0.162 e. The van der Waals surface area contributed by atoms with E-state index in [1.54, 1.807) is 13.2 Å². The molecule has 166 valence electrons. The molecule has 0 atom stereocenters. The van der Waals surface area contributed by atoms with Crippen LogP contribution >= 0.6 is 27.5 Å². The van der Waals surface area contributed by atoms with Crippen LogP contribution in [0.15, 0.2) is 65.3 Å². The van der Waals surface area contributed by atoms with Gasteiger partial charge in [0.05, 0.1) is 12.1 Å². The van der Waals surface area contributed by atoms with Crippen LogP contribution in [-0.4, -0.2) is 18.6 Å². The lowest BCUT2D eigenvalue weighted by Crippen LogP contribution is -2.17. The molecule has 0 spiro atoms. The molecule has 0 radical (unpaired) electrons. The SMILES string of the molecule is COc1cc(CNCCc2c[nH]c3ccccc23)c(Br)cc1OCc1ccc(F)cc1Cl. The van der Waals surface area contributed by atoms with Crippen molar-refractivity contribution >= 4 is 38.4 Å². The fourth-order valence-corrected chi connectivity index (χ4v) is 4.25. The fraction of sp³-hybridized carbons (Fsp3) is 0.200. The first-order chi connectivity index (χ1) is 15.5. The van der Waals surface area contributed by atoms with E-state index in [2.05, 4.69) is 50.6 Å². The topological polar surface area (TPSA) is 46.3 Å². The summed E-state index contributed by atoms with van der Waals surface area (Å²) in [5, 5.41) is 5.09. The summed E-state index contributed by atoms with van der Waals surface area (Å²) in [5.41, 5.74) is 4.22. The highest BCUT2D eigenvalue weighted by Crippen LogP contribution is 2.34. The minimum atomic E-state index is -0.374. The fourth-order valence-electron chi connectivity index (χ4n) is 3.56. The second-order valence-corrected chi connectivity index (χ2v) is 8.67. The predicted molar refractivity (Wildman–Crippen MR) is 130 cm³/mol. The monoisotopic (exact) mass is 516 g/mol. The molecule has 1 heterocycles. The summed E-state index contributed by atoms with van der Waals surface area (Å²) in [6, 6.07) is 16.4. The predicted octanol–water partition coefficient (Wildman–Crippen LogP) is 6.64. The Balaban J connectivity index is 1.37. The van der Waals surface area contributed by atoms with Gasteiger partial charge < -0.3 is 19.8 Å². The van der Waals surface area contributed by atoms with E-state index in [0.29, 0.717) is 28.6 Å². The number of ether oxygens (including phenoxy) is 2. The molecule has 32 heavy (non-hydrogen) atoms. The number of halogens is 3. The molecule has 0 aliphatic rings. The van der Waals surface area contributed by atoms with Crippen LogP contribution in [0.3, 0.4) is 0 Å². The molecule has 0 saturated carbocycles. The summed E-state index contributed by atoms with van der Waals surface area (Å²) < 4.78 is 25.6. The van der Waals surface area contributed by atoms with Gasteiger partial charge in [-0.15, -0.1) is 0 Å². The molecule has 0 saturated heterocycles. The highest BCUT2D eigenvalue weighted by Gasteiger charge is 2.12. The van der Waals surface area contributed by atoms with Crippen LogP contribution in [0, 0.1) is 5.82 Å². The molecule has 0 unspecified atom stereocenters. The van der Waals surface area contributed by atoms with Crippen LogP contribution < -0.4 is 14.8 Å². The average Bonchev–Trinajstić information content (AvgIpc) is 3.20. The summed E-state index contributed by atoms with van der Waals surface area (Å²) in [7, 11) is 1.61. The smallest absolute Gasteiger partial charge is 0.162 e. The van der Waals surface area contributed by atoms with Gasteiger partial charge in [-0.1, -0.05) is 51.8 Å². The van der Waals surface area contributed by atoms with Gasteiger partial charge >= 0.3 is 0 Å². The zero-order chi connectivity index (χ0) is 22.5. The molecule has 0 fully saturated rings. The lowest BCUT2D eigenvalue weighted by Gasteiger charge is -2.15. The van der Waals surface area contributed by atoms with Crippen molar-refractivity contribution in [3.63, 3.8) is 0 Å². The number of methoxy groups -OCH3 is 1. The van der Waals surface area contributed by atoms with E-state index in [1.807, 2.05) is 18.2 Å². The van der Waals surface area contributed by atoms with Gasteiger partial charge in [-0.2, -0.15) is 0 Å². The third kappa shape index (κ3) is 5.26. The summed E-state index contributed by atoms with van der Waals surface area (Å²) in [5.74, 6) is 0.836. The van der Waals surface area contributed by atoms with Crippen molar-refractivity contribution in [1.82, 2.24) is 10.3 Å². The Morgan fingerprint density at radius 2 is 1.88 bits per heavy atom. The Bertz CT molecular complexity index is 1230. The molecule has 0 aliphatic heterocycles.